The summed E-state index contributed by atoms with van der Waals surface area (Å²) in [5.41, 5.74) is 4.19. The van der Waals surface area contributed by atoms with E-state index in [-0.39, 0.29) is 11.4 Å². The molecular weight excluding hydrogens is 428 g/mol. The molecule has 168 valence electrons. The van der Waals surface area contributed by atoms with E-state index in [9.17, 15) is 8.42 Å². The van der Waals surface area contributed by atoms with Crippen molar-refractivity contribution in [2.75, 3.05) is 19.8 Å². The van der Waals surface area contributed by atoms with Crippen molar-refractivity contribution in [1.82, 2.24) is 19.5 Å². The monoisotopic (exact) mass is 454 g/mol. The lowest BCUT2D eigenvalue weighted by Crippen LogP contribution is -2.28. The Morgan fingerprint density at radius 3 is 2.69 bits per heavy atom. The van der Waals surface area contributed by atoms with Crippen LogP contribution >= 0.6 is 0 Å². The van der Waals surface area contributed by atoms with Crippen LogP contribution in [0.5, 0.6) is 11.5 Å². The molecule has 8 nitrogen and oxygen atoms in total. The fourth-order valence-corrected chi connectivity index (χ4v) is 5.28. The number of rotatable bonds is 6. The smallest absolute Gasteiger partial charge is 0.240 e. The minimum Gasteiger partial charge on any atom is -0.490 e. The van der Waals surface area contributed by atoms with Gasteiger partial charge in [-0.25, -0.2) is 13.1 Å². The predicted molar refractivity (Wildman–Crippen MR) is 119 cm³/mol. The molecule has 32 heavy (non-hydrogen) atoms. The van der Waals surface area contributed by atoms with Gasteiger partial charge < -0.3 is 9.47 Å². The van der Waals surface area contributed by atoms with Crippen LogP contribution < -0.4 is 14.2 Å². The number of sulfonamides is 1. The molecule has 0 amide bonds. The molecule has 0 saturated heterocycles. The largest absolute Gasteiger partial charge is 0.490 e. The molecule has 1 N–H and O–H groups in total. The molecule has 1 aliphatic carbocycles. The third kappa shape index (κ3) is 4.22. The van der Waals surface area contributed by atoms with Gasteiger partial charge in [-0.1, -0.05) is 6.07 Å². The van der Waals surface area contributed by atoms with Gasteiger partial charge in [-0.05, 0) is 49.9 Å². The van der Waals surface area contributed by atoms with Crippen molar-refractivity contribution in [2.24, 2.45) is 0 Å². The van der Waals surface area contributed by atoms with Gasteiger partial charge in [-0.2, -0.15) is 5.10 Å². The molecule has 0 spiro atoms. The summed E-state index contributed by atoms with van der Waals surface area (Å²) in [6.45, 7) is 1.77. The fourth-order valence-electron chi connectivity index (χ4n) is 4.24. The minimum absolute atomic E-state index is 0.165. The number of benzene rings is 1. The third-order valence-electron chi connectivity index (χ3n) is 5.81. The molecule has 3 heterocycles. The average Bonchev–Trinajstić information content (AvgIpc) is 3.01. The Hall–Kier alpha value is -2.91. The van der Waals surface area contributed by atoms with Crippen LogP contribution in [0.4, 0.5) is 0 Å². The Morgan fingerprint density at radius 1 is 1.00 bits per heavy atom. The van der Waals surface area contributed by atoms with Crippen LogP contribution in [-0.2, 0) is 29.4 Å². The Bertz CT molecular complexity index is 1210. The van der Waals surface area contributed by atoms with Crippen molar-refractivity contribution in [3.8, 4) is 22.9 Å². The van der Waals surface area contributed by atoms with Crippen LogP contribution in [-0.4, -0.2) is 42.9 Å². The van der Waals surface area contributed by atoms with E-state index in [0.717, 1.165) is 43.5 Å². The Labute approximate surface area is 187 Å². The first kappa shape index (κ1) is 21.0. The standard InChI is InChI=1S/C23H26N4O4S/c28-32(29,17-9-10-21-22(16-17)31-15-5-14-30-21)25-12-13-27-20-8-2-1-6-18(20)23(26-27)19-7-3-4-11-24-19/h3-4,7,9-11,16,25H,1-2,5-6,8,12-15H2. The van der Waals surface area contributed by atoms with E-state index >= 15 is 0 Å². The summed E-state index contributed by atoms with van der Waals surface area (Å²) in [6.07, 6.45) is 6.71. The minimum atomic E-state index is -3.68. The molecule has 5 rings (SSSR count). The normalized spacial score (nSPS) is 15.8. The van der Waals surface area contributed by atoms with E-state index in [1.165, 1.54) is 17.3 Å². The lowest BCUT2D eigenvalue weighted by atomic mass is 9.95. The second-order valence-electron chi connectivity index (χ2n) is 7.98. The zero-order valence-electron chi connectivity index (χ0n) is 17.8. The molecule has 9 heteroatoms. The van der Waals surface area contributed by atoms with Crippen molar-refractivity contribution < 1.29 is 17.9 Å². The molecule has 1 aliphatic heterocycles. The summed E-state index contributed by atoms with van der Waals surface area (Å²) >= 11 is 0. The molecule has 2 aromatic heterocycles. The Kier molecular flexibility index (Phi) is 5.84. The van der Waals surface area contributed by atoms with E-state index in [4.69, 9.17) is 14.6 Å². The van der Waals surface area contributed by atoms with Gasteiger partial charge in [-0.15, -0.1) is 0 Å². The first-order valence-corrected chi connectivity index (χ1v) is 12.5. The van der Waals surface area contributed by atoms with E-state index in [1.807, 2.05) is 22.9 Å². The van der Waals surface area contributed by atoms with Crippen molar-refractivity contribution >= 4 is 10.0 Å². The van der Waals surface area contributed by atoms with Crippen LogP contribution in [0.25, 0.3) is 11.4 Å². The molecule has 0 bridgehead atoms. The number of nitrogens with zero attached hydrogens (tertiary/aromatic N) is 3. The van der Waals surface area contributed by atoms with E-state index in [0.29, 0.717) is 31.3 Å². The number of hydrogen-bond donors (Lipinski definition) is 1. The summed E-state index contributed by atoms with van der Waals surface area (Å²) in [6, 6.07) is 10.5. The highest BCUT2D eigenvalue weighted by Gasteiger charge is 2.23. The first-order chi connectivity index (χ1) is 15.6. The number of hydrogen-bond acceptors (Lipinski definition) is 6. The van der Waals surface area contributed by atoms with Crippen molar-refractivity contribution in [2.45, 2.75) is 43.5 Å². The van der Waals surface area contributed by atoms with E-state index in [2.05, 4.69) is 9.71 Å². The predicted octanol–water partition coefficient (Wildman–Crippen LogP) is 2.96. The van der Waals surface area contributed by atoms with Crippen molar-refractivity contribution in [3.05, 3.63) is 53.9 Å². The molecule has 2 aliphatic rings. The van der Waals surface area contributed by atoms with Crippen LogP contribution in [0.15, 0.2) is 47.5 Å². The highest BCUT2D eigenvalue weighted by atomic mass is 32.2. The molecule has 3 aromatic rings. The van der Waals surface area contributed by atoms with Crippen LogP contribution in [0, 0.1) is 0 Å². The van der Waals surface area contributed by atoms with E-state index in [1.54, 1.807) is 18.3 Å². The van der Waals surface area contributed by atoms with Gasteiger partial charge in [0.2, 0.25) is 10.0 Å². The van der Waals surface area contributed by atoms with E-state index < -0.39 is 10.0 Å². The van der Waals surface area contributed by atoms with Gasteiger partial charge in [0.15, 0.2) is 11.5 Å². The second-order valence-corrected chi connectivity index (χ2v) is 9.74. The van der Waals surface area contributed by atoms with Gasteiger partial charge in [-0.3, -0.25) is 9.67 Å². The quantitative estimate of drug-likeness (QED) is 0.615. The summed E-state index contributed by atoms with van der Waals surface area (Å²) in [5, 5.41) is 4.81. The lowest BCUT2D eigenvalue weighted by Gasteiger charge is -2.15. The highest BCUT2D eigenvalue weighted by molar-refractivity contribution is 7.89. The molecule has 0 fully saturated rings. The average molecular weight is 455 g/mol. The molecule has 1 aromatic carbocycles. The number of nitrogens with one attached hydrogen (secondary N) is 1. The number of ether oxygens (including phenoxy) is 2. The third-order valence-corrected chi connectivity index (χ3v) is 7.27. The number of aromatic nitrogens is 3. The second kappa shape index (κ2) is 8.91. The summed E-state index contributed by atoms with van der Waals surface area (Å²) in [4.78, 5) is 4.63. The molecule has 0 radical (unpaired) electrons. The summed E-state index contributed by atoms with van der Waals surface area (Å²) in [5.74, 6) is 1.04. The number of fused-ring (bicyclic) bond motifs is 2. The van der Waals surface area contributed by atoms with Gasteiger partial charge in [0.25, 0.3) is 0 Å². The maximum atomic E-state index is 12.9. The SMILES string of the molecule is O=S(=O)(NCCn1nc(-c2ccccn2)c2c1CCCC2)c1ccc2c(c1)OCCCO2. The molecule has 0 saturated carbocycles. The van der Waals surface area contributed by atoms with Gasteiger partial charge in [0, 0.05) is 36.5 Å². The lowest BCUT2D eigenvalue weighted by molar-refractivity contribution is 0.297. The van der Waals surface area contributed by atoms with Crippen LogP contribution in [0.1, 0.15) is 30.5 Å². The summed E-state index contributed by atoms with van der Waals surface area (Å²) in [7, 11) is -3.68. The van der Waals surface area contributed by atoms with Gasteiger partial charge >= 0.3 is 0 Å². The molecular formula is C23H26N4O4S. The fraction of sp³-hybridized carbons (Fsp3) is 0.391. The zero-order valence-corrected chi connectivity index (χ0v) is 18.6. The van der Waals surface area contributed by atoms with Gasteiger partial charge in [0.05, 0.1) is 30.3 Å². The van der Waals surface area contributed by atoms with Crippen LogP contribution in [0.3, 0.4) is 0 Å². The zero-order chi connectivity index (χ0) is 22.0. The molecule has 0 atom stereocenters. The maximum Gasteiger partial charge on any atom is 0.240 e. The number of pyridine rings is 1. The topological polar surface area (TPSA) is 95.3 Å². The van der Waals surface area contributed by atoms with Crippen molar-refractivity contribution in [1.29, 1.82) is 0 Å². The Balaban J connectivity index is 1.32. The van der Waals surface area contributed by atoms with Gasteiger partial charge in [0.1, 0.15) is 5.69 Å². The van der Waals surface area contributed by atoms with Crippen LogP contribution in [0.2, 0.25) is 0 Å². The van der Waals surface area contributed by atoms with Crippen molar-refractivity contribution in [3.63, 3.8) is 0 Å². The first-order valence-electron chi connectivity index (χ1n) is 11.0. The summed E-state index contributed by atoms with van der Waals surface area (Å²) < 4.78 is 41.6. The maximum absolute atomic E-state index is 12.9. The molecule has 0 unspecified atom stereocenters. The highest BCUT2D eigenvalue weighted by Crippen LogP contribution is 2.32. The Morgan fingerprint density at radius 2 is 1.84 bits per heavy atom.